The first-order valence-electron chi connectivity index (χ1n) is 9.53. The van der Waals surface area contributed by atoms with Gasteiger partial charge in [-0.15, -0.1) is 11.3 Å². The van der Waals surface area contributed by atoms with Gasteiger partial charge in [0.1, 0.15) is 11.6 Å². The molecule has 1 saturated heterocycles. The topological polar surface area (TPSA) is 75.7 Å². The number of benzene rings is 1. The molecular weight excluding hydrogens is 395 g/mol. The van der Waals surface area contributed by atoms with E-state index in [4.69, 9.17) is 4.74 Å². The zero-order chi connectivity index (χ0) is 20.6. The van der Waals surface area contributed by atoms with Crippen LogP contribution in [0, 0.1) is 5.82 Å². The summed E-state index contributed by atoms with van der Waals surface area (Å²) < 4.78 is 19.6. The number of nitrogens with one attached hydrogen (secondary N) is 1. The molecule has 154 valence electrons. The van der Waals surface area contributed by atoms with Crippen LogP contribution in [0.3, 0.4) is 0 Å². The number of ketones is 2. The largest absolute Gasteiger partial charge is 0.378 e. The van der Waals surface area contributed by atoms with Gasteiger partial charge in [-0.2, -0.15) is 0 Å². The van der Waals surface area contributed by atoms with Crippen LogP contribution in [-0.4, -0.2) is 43.8 Å². The molecule has 1 fully saturated rings. The van der Waals surface area contributed by atoms with Crippen LogP contribution in [0.1, 0.15) is 35.4 Å². The highest BCUT2D eigenvalue weighted by Gasteiger charge is 2.16. The van der Waals surface area contributed by atoms with Crippen molar-refractivity contribution in [1.82, 2.24) is 0 Å². The lowest BCUT2D eigenvalue weighted by molar-refractivity contribution is -0.122. The minimum absolute atomic E-state index is 0.00113. The first-order valence-corrected chi connectivity index (χ1v) is 10.4. The number of rotatable bonds is 9. The third-order valence-electron chi connectivity index (χ3n) is 4.64. The fourth-order valence-corrected chi connectivity index (χ4v) is 3.75. The maximum atomic E-state index is 14.4. The van der Waals surface area contributed by atoms with Gasteiger partial charge in [0, 0.05) is 44.5 Å². The molecule has 29 heavy (non-hydrogen) atoms. The van der Waals surface area contributed by atoms with Gasteiger partial charge in [0.2, 0.25) is 5.91 Å². The highest BCUT2D eigenvalue weighted by molar-refractivity contribution is 7.12. The van der Waals surface area contributed by atoms with Crippen molar-refractivity contribution in [3.63, 3.8) is 0 Å². The molecule has 1 aromatic carbocycles. The SMILES string of the molecule is O=C(CCC(=O)Nc1ccc(N2CCOCC2)c(F)c1)CCC(=O)c1cccs1. The molecule has 1 aliphatic heterocycles. The molecule has 2 aromatic rings. The van der Waals surface area contributed by atoms with Crippen LogP contribution in [0.4, 0.5) is 15.8 Å². The second kappa shape index (κ2) is 10.3. The number of carbonyl (C=O) groups is 3. The fraction of sp³-hybridized carbons (Fsp3) is 0.381. The Labute approximate surface area is 172 Å². The second-order valence-electron chi connectivity index (χ2n) is 6.75. The molecule has 0 bridgehead atoms. The van der Waals surface area contributed by atoms with E-state index in [0.717, 1.165) is 0 Å². The smallest absolute Gasteiger partial charge is 0.224 e. The van der Waals surface area contributed by atoms with Gasteiger partial charge in [-0.25, -0.2) is 4.39 Å². The molecule has 0 aliphatic carbocycles. The lowest BCUT2D eigenvalue weighted by Crippen LogP contribution is -2.36. The number of thiophene rings is 1. The van der Waals surface area contributed by atoms with Crippen LogP contribution in [-0.2, 0) is 14.3 Å². The van der Waals surface area contributed by atoms with E-state index in [1.165, 1.54) is 17.4 Å². The first kappa shape index (κ1) is 21.1. The van der Waals surface area contributed by atoms with Crippen LogP contribution in [0.15, 0.2) is 35.7 Å². The number of carbonyl (C=O) groups excluding carboxylic acids is 3. The maximum absolute atomic E-state index is 14.4. The van der Waals surface area contributed by atoms with Crippen molar-refractivity contribution in [3.05, 3.63) is 46.4 Å². The molecule has 1 amide bonds. The maximum Gasteiger partial charge on any atom is 0.224 e. The van der Waals surface area contributed by atoms with Gasteiger partial charge in [0.15, 0.2) is 5.78 Å². The predicted molar refractivity (Wildman–Crippen MR) is 110 cm³/mol. The normalized spacial score (nSPS) is 13.9. The number of Topliss-reactive ketones (excluding diaryl/α,β-unsaturated/α-hetero) is 2. The lowest BCUT2D eigenvalue weighted by atomic mass is 10.1. The van der Waals surface area contributed by atoms with Gasteiger partial charge < -0.3 is 15.0 Å². The van der Waals surface area contributed by atoms with Crippen molar-refractivity contribution in [2.24, 2.45) is 0 Å². The van der Waals surface area contributed by atoms with Crippen molar-refractivity contribution in [2.45, 2.75) is 25.7 Å². The van der Waals surface area contributed by atoms with E-state index < -0.39 is 5.82 Å². The van der Waals surface area contributed by atoms with Crippen molar-refractivity contribution < 1.29 is 23.5 Å². The van der Waals surface area contributed by atoms with Gasteiger partial charge in [0.05, 0.1) is 23.8 Å². The van der Waals surface area contributed by atoms with E-state index in [2.05, 4.69) is 5.32 Å². The number of ether oxygens (including phenoxy) is 1. The minimum Gasteiger partial charge on any atom is -0.378 e. The Bertz CT molecular complexity index is 864. The van der Waals surface area contributed by atoms with Gasteiger partial charge >= 0.3 is 0 Å². The zero-order valence-corrected chi connectivity index (χ0v) is 16.8. The van der Waals surface area contributed by atoms with Crippen molar-refractivity contribution >= 4 is 40.2 Å². The van der Waals surface area contributed by atoms with E-state index in [0.29, 0.717) is 42.6 Å². The van der Waals surface area contributed by atoms with E-state index in [-0.39, 0.29) is 43.2 Å². The molecule has 2 heterocycles. The molecular formula is C21H23FN2O4S. The molecule has 0 spiro atoms. The van der Waals surface area contributed by atoms with Crippen LogP contribution in [0.25, 0.3) is 0 Å². The van der Waals surface area contributed by atoms with Crippen molar-refractivity contribution in [1.29, 1.82) is 0 Å². The zero-order valence-electron chi connectivity index (χ0n) is 16.0. The number of halogens is 1. The summed E-state index contributed by atoms with van der Waals surface area (Å²) in [5.41, 5.74) is 0.835. The number of morpholine rings is 1. The second-order valence-corrected chi connectivity index (χ2v) is 7.70. The highest BCUT2D eigenvalue weighted by Crippen LogP contribution is 2.24. The first-order chi connectivity index (χ1) is 14.0. The average molecular weight is 418 g/mol. The molecule has 3 rings (SSSR count). The van der Waals surface area contributed by atoms with E-state index in [1.807, 2.05) is 10.3 Å². The van der Waals surface area contributed by atoms with Gasteiger partial charge in [0.25, 0.3) is 0 Å². The summed E-state index contributed by atoms with van der Waals surface area (Å²) >= 11 is 1.35. The summed E-state index contributed by atoms with van der Waals surface area (Å²) in [6, 6.07) is 8.09. The van der Waals surface area contributed by atoms with Crippen LogP contribution < -0.4 is 10.2 Å². The number of anilines is 2. The highest BCUT2D eigenvalue weighted by atomic mass is 32.1. The molecule has 6 nitrogen and oxygen atoms in total. The molecule has 1 aromatic heterocycles. The average Bonchev–Trinajstić information content (AvgIpc) is 3.26. The van der Waals surface area contributed by atoms with Crippen LogP contribution in [0.5, 0.6) is 0 Å². The Morgan fingerprint density at radius 2 is 1.83 bits per heavy atom. The summed E-state index contributed by atoms with van der Waals surface area (Å²) in [7, 11) is 0. The van der Waals surface area contributed by atoms with E-state index in [9.17, 15) is 18.8 Å². The Morgan fingerprint density at radius 1 is 1.07 bits per heavy atom. The Balaban J connectivity index is 1.42. The third-order valence-corrected chi connectivity index (χ3v) is 5.55. The summed E-state index contributed by atoms with van der Waals surface area (Å²) in [6.07, 6.45) is 0.318. The predicted octanol–water partition coefficient (Wildman–Crippen LogP) is 3.67. The molecule has 0 atom stereocenters. The fourth-order valence-electron chi connectivity index (χ4n) is 3.06. The summed E-state index contributed by atoms with van der Waals surface area (Å²) in [5, 5.41) is 4.43. The Hall–Kier alpha value is -2.58. The van der Waals surface area contributed by atoms with Gasteiger partial charge in [-0.05, 0) is 29.6 Å². The Morgan fingerprint density at radius 3 is 2.52 bits per heavy atom. The van der Waals surface area contributed by atoms with Crippen LogP contribution in [0.2, 0.25) is 0 Å². The van der Waals surface area contributed by atoms with E-state index in [1.54, 1.807) is 24.3 Å². The standard InChI is InChI=1S/C21H23FN2O4S/c22-17-14-15(3-6-18(17)24-9-11-28-12-10-24)23-21(27)8-5-16(25)4-7-19(26)20-2-1-13-29-20/h1-3,6,13-14H,4-5,7-12H2,(H,23,27). The van der Waals surface area contributed by atoms with Crippen molar-refractivity contribution in [2.75, 3.05) is 36.5 Å². The summed E-state index contributed by atoms with van der Waals surface area (Å²) in [6.45, 7) is 2.37. The van der Waals surface area contributed by atoms with Crippen LogP contribution >= 0.6 is 11.3 Å². The number of nitrogens with zero attached hydrogens (tertiary/aromatic N) is 1. The number of amides is 1. The van der Waals surface area contributed by atoms with Gasteiger partial charge in [-0.1, -0.05) is 6.07 Å². The minimum atomic E-state index is -0.409. The molecule has 0 saturated carbocycles. The number of hydrogen-bond acceptors (Lipinski definition) is 6. The number of hydrogen-bond donors (Lipinski definition) is 1. The van der Waals surface area contributed by atoms with E-state index >= 15 is 0 Å². The quantitative estimate of drug-likeness (QED) is 0.629. The molecule has 1 N–H and O–H groups in total. The summed E-state index contributed by atoms with van der Waals surface area (Å²) in [4.78, 5) is 38.4. The van der Waals surface area contributed by atoms with Gasteiger partial charge in [-0.3, -0.25) is 14.4 Å². The molecule has 0 radical (unpaired) electrons. The molecule has 1 aliphatic rings. The Kier molecular flexibility index (Phi) is 7.48. The molecule has 0 unspecified atom stereocenters. The van der Waals surface area contributed by atoms with Crippen molar-refractivity contribution in [3.8, 4) is 0 Å². The summed E-state index contributed by atoms with van der Waals surface area (Å²) in [5.74, 6) is -0.971. The molecule has 8 heteroatoms. The third kappa shape index (κ3) is 6.20. The lowest BCUT2D eigenvalue weighted by Gasteiger charge is -2.29. The monoisotopic (exact) mass is 418 g/mol.